The van der Waals surface area contributed by atoms with Crippen LogP contribution in [0.1, 0.15) is 24.8 Å². The summed E-state index contributed by atoms with van der Waals surface area (Å²) in [5, 5.41) is 29.1. The van der Waals surface area contributed by atoms with Crippen LogP contribution < -0.4 is 0 Å². The number of hydrogen-bond donors (Lipinski definition) is 2. The van der Waals surface area contributed by atoms with Gasteiger partial charge in [-0.15, -0.1) is 0 Å². The molecular formula is C15H14FN3O6S. The number of halogens is 1. The van der Waals surface area contributed by atoms with Crippen LogP contribution in [0.15, 0.2) is 23.2 Å². The lowest BCUT2D eigenvalue weighted by Crippen LogP contribution is -2.44. The van der Waals surface area contributed by atoms with Crippen LogP contribution in [0.2, 0.25) is 0 Å². The van der Waals surface area contributed by atoms with Crippen LogP contribution >= 0.6 is 11.8 Å². The third-order valence-corrected chi connectivity index (χ3v) is 5.80. The number of nitrogens with zero attached hydrogens (tertiary/aromatic N) is 3. The highest BCUT2D eigenvalue weighted by Crippen LogP contribution is 2.52. The minimum atomic E-state index is -1.71. The van der Waals surface area contributed by atoms with Gasteiger partial charge >= 0.3 is 12.2 Å². The van der Waals surface area contributed by atoms with E-state index in [9.17, 15) is 24.1 Å². The summed E-state index contributed by atoms with van der Waals surface area (Å²) in [4.78, 5) is 37.4. The summed E-state index contributed by atoms with van der Waals surface area (Å²) in [5.41, 5.74) is -1.51. The molecule has 0 radical (unpaired) electrons. The van der Waals surface area contributed by atoms with Crippen molar-refractivity contribution >= 4 is 34.8 Å². The van der Waals surface area contributed by atoms with Gasteiger partial charge in [-0.1, -0.05) is 18.2 Å². The van der Waals surface area contributed by atoms with E-state index < -0.39 is 28.5 Å². The van der Waals surface area contributed by atoms with Crippen molar-refractivity contribution < 1.29 is 29.1 Å². The Hall–Kier alpha value is -2.69. The second-order valence-corrected chi connectivity index (χ2v) is 7.03. The summed E-state index contributed by atoms with van der Waals surface area (Å²) in [6, 6.07) is 3.14. The molecule has 0 spiro atoms. The van der Waals surface area contributed by atoms with Crippen molar-refractivity contribution in [3.8, 4) is 0 Å². The van der Waals surface area contributed by atoms with Crippen LogP contribution in [0.4, 0.5) is 19.7 Å². The smallest absolute Gasteiger partial charge is 0.423 e. The molecule has 1 aliphatic carbocycles. The second kappa shape index (κ2) is 6.56. The molecule has 1 heterocycles. The fourth-order valence-corrected chi connectivity index (χ4v) is 4.85. The first-order valence-electron chi connectivity index (χ1n) is 7.69. The number of carbonyl (C=O) groups is 2. The van der Waals surface area contributed by atoms with E-state index in [0.717, 1.165) is 30.0 Å². The molecule has 1 aromatic carbocycles. The zero-order chi connectivity index (χ0) is 19.1. The molecule has 9 nitrogen and oxygen atoms in total. The molecule has 2 N–H and O–H groups in total. The quantitative estimate of drug-likeness (QED) is 0.590. The van der Waals surface area contributed by atoms with E-state index >= 15 is 0 Å². The second-order valence-electron chi connectivity index (χ2n) is 6.04. The molecule has 1 aliphatic heterocycles. The van der Waals surface area contributed by atoms with Gasteiger partial charge in [0.1, 0.15) is 5.82 Å². The molecule has 2 atom stereocenters. The Bertz CT molecular complexity index is 818. The monoisotopic (exact) mass is 383 g/mol. The van der Waals surface area contributed by atoms with Crippen LogP contribution in [-0.2, 0) is 5.54 Å². The molecule has 0 saturated heterocycles. The van der Waals surface area contributed by atoms with Crippen molar-refractivity contribution in [1.29, 1.82) is 0 Å². The summed E-state index contributed by atoms with van der Waals surface area (Å²) in [6.07, 6.45) is -1.71. The van der Waals surface area contributed by atoms with Gasteiger partial charge in [-0.3, -0.25) is 10.1 Å². The highest BCUT2D eigenvalue weighted by atomic mass is 32.2. The van der Waals surface area contributed by atoms with Gasteiger partial charge in [-0.2, -0.15) is 4.90 Å². The lowest BCUT2D eigenvalue weighted by Gasteiger charge is -2.37. The number of rotatable bonds is 2. The van der Waals surface area contributed by atoms with Crippen molar-refractivity contribution in [1.82, 2.24) is 4.90 Å². The maximum atomic E-state index is 14.6. The summed E-state index contributed by atoms with van der Waals surface area (Å²) >= 11 is 0.972. The number of amidine groups is 1. The molecule has 1 aromatic rings. The van der Waals surface area contributed by atoms with Crippen LogP contribution in [-0.4, -0.2) is 43.1 Å². The van der Waals surface area contributed by atoms with E-state index in [0.29, 0.717) is 25.0 Å². The van der Waals surface area contributed by atoms with Gasteiger partial charge in [0, 0.05) is 23.4 Å². The van der Waals surface area contributed by atoms with Crippen molar-refractivity contribution in [3.63, 3.8) is 0 Å². The van der Waals surface area contributed by atoms with E-state index in [1.165, 1.54) is 0 Å². The van der Waals surface area contributed by atoms with Gasteiger partial charge in [0.2, 0.25) is 0 Å². The molecule has 138 valence electrons. The van der Waals surface area contributed by atoms with Gasteiger partial charge in [0.15, 0.2) is 5.17 Å². The van der Waals surface area contributed by atoms with Gasteiger partial charge in [-0.05, 0) is 24.8 Å². The molecule has 26 heavy (non-hydrogen) atoms. The molecule has 0 aromatic heterocycles. The Morgan fingerprint density at radius 3 is 2.69 bits per heavy atom. The van der Waals surface area contributed by atoms with E-state index in [4.69, 9.17) is 10.2 Å². The average molecular weight is 383 g/mol. The number of non-ortho nitro benzene ring substituents is 1. The molecule has 2 amide bonds. The number of fused-ring (bicyclic) bond motifs is 1. The fraction of sp³-hybridized carbons (Fsp3) is 0.400. The minimum absolute atomic E-state index is 0.00253. The van der Waals surface area contributed by atoms with Crippen LogP contribution in [0.3, 0.4) is 0 Å². The molecule has 1 fully saturated rings. The van der Waals surface area contributed by atoms with Crippen molar-refractivity contribution in [2.45, 2.75) is 24.8 Å². The van der Waals surface area contributed by atoms with E-state index in [2.05, 4.69) is 4.99 Å². The Morgan fingerprint density at radius 1 is 1.38 bits per heavy atom. The summed E-state index contributed by atoms with van der Waals surface area (Å²) in [7, 11) is 0. The minimum Gasteiger partial charge on any atom is -0.464 e. The van der Waals surface area contributed by atoms with E-state index in [1.54, 1.807) is 0 Å². The Balaban J connectivity index is 2.17. The largest absolute Gasteiger partial charge is 0.464 e. The number of thioether (sulfide) groups is 1. The SMILES string of the molecule is O=C(O)N(C(=O)O)C1=NC2(c3cc([N+](=O)[O-])ccc3F)CCCC2CS1. The highest BCUT2D eigenvalue weighted by Gasteiger charge is 2.50. The number of aliphatic imine (C=N–C) groups is 1. The number of hydrogen-bond acceptors (Lipinski definition) is 6. The van der Waals surface area contributed by atoms with Crippen molar-refractivity contribution in [2.24, 2.45) is 10.9 Å². The lowest BCUT2D eigenvalue weighted by molar-refractivity contribution is -0.385. The highest BCUT2D eigenvalue weighted by molar-refractivity contribution is 8.13. The van der Waals surface area contributed by atoms with Gasteiger partial charge in [-0.25, -0.2) is 19.0 Å². The van der Waals surface area contributed by atoms with Crippen LogP contribution in [0.5, 0.6) is 0 Å². The maximum Gasteiger partial charge on any atom is 0.423 e. The summed E-state index contributed by atoms with van der Waals surface area (Å²) in [6.45, 7) is 0. The number of carboxylic acid groups (broad SMARTS) is 2. The Labute approximate surface area is 150 Å². The van der Waals surface area contributed by atoms with E-state index in [-0.39, 0.29) is 27.2 Å². The van der Waals surface area contributed by atoms with Crippen molar-refractivity contribution in [2.75, 3.05) is 5.75 Å². The van der Waals surface area contributed by atoms with Gasteiger partial charge < -0.3 is 10.2 Å². The number of nitro benzene ring substituents is 1. The Kier molecular flexibility index (Phi) is 4.57. The normalized spacial score (nSPS) is 24.5. The molecular weight excluding hydrogens is 369 g/mol. The number of benzene rings is 1. The molecule has 0 bridgehead atoms. The predicted octanol–water partition coefficient (Wildman–Crippen LogP) is 3.49. The Morgan fingerprint density at radius 2 is 2.08 bits per heavy atom. The molecule has 11 heteroatoms. The summed E-state index contributed by atoms with van der Waals surface area (Å²) in [5.74, 6) is -0.509. The topological polar surface area (TPSA) is 133 Å². The molecule has 1 saturated carbocycles. The third kappa shape index (κ3) is 2.87. The number of nitro groups is 1. The van der Waals surface area contributed by atoms with E-state index in [1.807, 2.05) is 0 Å². The maximum absolute atomic E-state index is 14.6. The molecule has 2 aliphatic rings. The van der Waals surface area contributed by atoms with Crippen molar-refractivity contribution in [3.05, 3.63) is 39.7 Å². The number of amides is 2. The van der Waals surface area contributed by atoms with Crippen LogP contribution in [0.25, 0.3) is 0 Å². The van der Waals surface area contributed by atoms with Gasteiger partial charge in [0.25, 0.3) is 5.69 Å². The first kappa shape index (κ1) is 18.1. The zero-order valence-electron chi connectivity index (χ0n) is 13.3. The first-order chi connectivity index (χ1) is 12.3. The lowest BCUT2D eigenvalue weighted by atomic mass is 9.81. The third-order valence-electron chi connectivity index (χ3n) is 4.70. The molecule has 3 rings (SSSR count). The predicted molar refractivity (Wildman–Crippen MR) is 89.9 cm³/mol. The number of imide groups is 1. The molecule has 2 unspecified atom stereocenters. The first-order valence-corrected chi connectivity index (χ1v) is 8.68. The zero-order valence-corrected chi connectivity index (χ0v) is 14.1. The standard InChI is InChI=1S/C15H14FN3O6S/c16-11-4-3-9(19(24)25)6-10(11)15-5-1-2-8(15)7-26-12(17-15)18(13(20)21)14(22)23/h3-4,6,8H,1-2,5,7H2,(H,20,21)(H,22,23). The summed E-state index contributed by atoms with van der Waals surface area (Å²) < 4.78 is 14.6. The average Bonchev–Trinajstić information content (AvgIpc) is 2.98. The van der Waals surface area contributed by atoms with Crippen LogP contribution in [0, 0.1) is 21.8 Å². The fourth-order valence-electron chi connectivity index (χ4n) is 3.54. The van der Waals surface area contributed by atoms with Gasteiger partial charge in [0.05, 0.1) is 10.5 Å².